The van der Waals surface area contributed by atoms with E-state index in [0.717, 1.165) is 6.42 Å². The van der Waals surface area contributed by atoms with Gasteiger partial charge in [0.2, 0.25) is 5.91 Å². The molecular formula is C11H24N2O4. The number of ether oxygens (including phenoxy) is 3. The standard InChI is InChI=1S/C11H24N2O4/c1-11(13,10(12)14)4-7-16-5-3-6-17-9-8-15-2/h3-9,13H2,1-2H3,(H2,12,14). The lowest BCUT2D eigenvalue weighted by molar-refractivity contribution is -0.123. The Balaban J connectivity index is 3.27. The van der Waals surface area contributed by atoms with Crippen LogP contribution in [0.5, 0.6) is 0 Å². The van der Waals surface area contributed by atoms with Gasteiger partial charge in [-0.2, -0.15) is 0 Å². The van der Waals surface area contributed by atoms with Crippen molar-refractivity contribution in [2.75, 3.05) is 40.1 Å². The fourth-order valence-corrected chi connectivity index (χ4v) is 1.02. The summed E-state index contributed by atoms with van der Waals surface area (Å²) in [5.41, 5.74) is 9.80. The molecule has 0 saturated heterocycles. The van der Waals surface area contributed by atoms with Crippen molar-refractivity contribution in [2.24, 2.45) is 11.5 Å². The Morgan fingerprint density at radius 1 is 1.12 bits per heavy atom. The smallest absolute Gasteiger partial charge is 0.237 e. The van der Waals surface area contributed by atoms with E-state index in [1.807, 2.05) is 0 Å². The van der Waals surface area contributed by atoms with E-state index in [2.05, 4.69) is 0 Å². The van der Waals surface area contributed by atoms with Crippen molar-refractivity contribution in [2.45, 2.75) is 25.3 Å². The van der Waals surface area contributed by atoms with Crippen molar-refractivity contribution in [3.8, 4) is 0 Å². The second-order valence-corrected chi connectivity index (χ2v) is 4.10. The Labute approximate surface area is 103 Å². The number of primary amides is 1. The van der Waals surface area contributed by atoms with Crippen LogP contribution in [-0.4, -0.2) is 51.6 Å². The van der Waals surface area contributed by atoms with Gasteiger partial charge in [-0.1, -0.05) is 0 Å². The van der Waals surface area contributed by atoms with Gasteiger partial charge in [0.25, 0.3) is 0 Å². The van der Waals surface area contributed by atoms with Gasteiger partial charge < -0.3 is 25.7 Å². The molecule has 0 fully saturated rings. The molecule has 4 N–H and O–H groups in total. The van der Waals surface area contributed by atoms with E-state index in [0.29, 0.717) is 39.5 Å². The summed E-state index contributed by atoms with van der Waals surface area (Å²) >= 11 is 0. The monoisotopic (exact) mass is 248 g/mol. The highest BCUT2D eigenvalue weighted by molar-refractivity contribution is 5.83. The largest absolute Gasteiger partial charge is 0.382 e. The van der Waals surface area contributed by atoms with Crippen LogP contribution in [0.3, 0.4) is 0 Å². The van der Waals surface area contributed by atoms with E-state index in [-0.39, 0.29) is 0 Å². The van der Waals surface area contributed by atoms with E-state index in [1.165, 1.54) is 0 Å². The Morgan fingerprint density at radius 2 is 1.71 bits per heavy atom. The molecule has 17 heavy (non-hydrogen) atoms. The van der Waals surface area contributed by atoms with Crippen LogP contribution in [0, 0.1) is 0 Å². The van der Waals surface area contributed by atoms with Gasteiger partial charge in [0.15, 0.2) is 0 Å². The lowest BCUT2D eigenvalue weighted by Crippen LogP contribution is -2.50. The molecule has 0 spiro atoms. The predicted molar refractivity (Wildman–Crippen MR) is 64.5 cm³/mol. The lowest BCUT2D eigenvalue weighted by atomic mass is 9.99. The molecule has 1 unspecified atom stereocenters. The summed E-state index contributed by atoms with van der Waals surface area (Å²) in [4.78, 5) is 10.9. The predicted octanol–water partition coefficient (Wildman–Crippen LogP) is -0.351. The number of rotatable bonds is 11. The maximum Gasteiger partial charge on any atom is 0.237 e. The number of carbonyl (C=O) groups excluding carboxylic acids is 1. The number of hydrogen-bond acceptors (Lipinski definition) is 5. The van der Waals surface area contributed by atoms with Gasteiger partial charge >= 0.3 is 0 Å². The molecule has 6 nitrogen and oxygen atoms in total. The van der Waals surface area contributed by atoms with Crippen LogP contribution in [0.1, 0.15) is 19.8 Å². The lowest BCUT2D eigenvalue weighted by Gasteiger charge is -2.19. The molecule has 0 heterocycles. The molecule has 102 valence electrons. The van der Waals surface area contributed by atoms with E-state index in [9.17, 15) is 4.79 Å². The van der Waals surface area contributed by atoms with Crippen LogP contribution in [0.15, 0.2) is 0 Å². The molecule has 0 saturated carbocycles. The molecule has 0 bridgehead atoms. The van der Waals surface area contributed by atoms with E-state index < -0.39 is 11.4 Å². The quantitative estimate of drug-likeness (QED) is 0.487. The number of nitrogens with two attached hydrogens (primary N) is 2. The minimum Gasteiger partial charge on any atom is -0.382 e. The minimum atomic E-state index is -0.991. The van der Waals surface area contributed by atoms with Crippen LogP contribution in [-0.2, 0) is 19.0 Å². The van der Waals surface area contributed by atoms with Crippen molar-refractivity contribution in [3.63, 3.8) is 0 Å². The second-order valence-electron chi connectivity index (χ2n) is 4.10. The molecule has 0 aromatic rings. The van der Waals surface area contributed by atoms with Gasteiger partial charge in [-0.15, -0.1) is 0 Å². The van der Waals surface area contributed by atoms with E-state index in [4.69, 9.17) is 25.7 Å². The third-order valence-electron chi connectivity index (χ3n) is 2.34. The Kier molecular flexibility index (Phi) is 8.97. The Bertz CT molecular complexity index is 210. The van der Waals surface area contributed by atoms with Crippen molar-refractivity contribution >= 4 is 5.91 Å². The van der Waals surface area contributed by atoms with Crippen LogP contribution >= 0.6 is 0 Å². The highest BCUT2D eigenvalue weighted by Gasteiger charge is 2.24. The number of amides is 1. The van der Waals surface area contributed by atoms with Crippen LogP contribution in [0.25, 0.3) is 0 Å². The highest BCUT2D eigenvalue weighted by atomic mass is 16.5. The van der Waals surface area contributed by atoms with Crippen LogP contribution in [0.2, 0.25) is 0 Å². The van der Waals surface area contributed by atoms with Gasteiger partial charge in [-0.25, -0.2) is 0 Å². The van der Waals surface area contributed by atoms with Gasteiger partial charge in [-0.05, 0) is 19.8 Å². The van der Waals surface area contributed by atoms with Crippen molar-refractivity contribution in [1.29, 1.82) is 0 Å². The molecule has 0 aromatic carbocycles. The average Bonchev–Trinajstić information content (AvgIpc) is 2.26. The topological polar surface area (TPSA) is 96.8 Å². The molecule has 6 heteroatoms. The number of carbonyl (C=O) groups is 1. The van der Waals surface area contributed by atoms with Crippen LogP contribution < -0.4 is 11.5 Å². The molecule has 1 atom stereocenters. The average molecular weight is 248 g/mol. The maximum atomic E-state index is 10.9. The summed E-state index contributed by atoms with van der Waals surface area (Å²) in [6.45, 7) is 4.45. The van der Waals surface area contributed by atoms with Gasteiger partial charge in [0, 0.05) is 26.9 Å². The zero-order valence-electron chi connectivity index (χ0n) is 10.7. The summed E-state index contributed by atoms with van der Waals surface area (Å²) in [5, 5.41) is 0. The summed E-state index contributed by atoms with van der Waals surface area (Å²) in [6, 6.07) is 0. The molecule has 0 aromatic heterocycles. The SMILES string of the molecule is COCCOCCCOCCC(C)(N)C(N)=O. The van der Waals surface area contributed by atoms with Crippen LogP contribution in [0.4, 0.5) is 0 Å². The normalized spacial score (nSPS) is 14.5. The summed E-state index contributed by atoms with van der Waals surface area (Å²) < 4.78 is 15.4. The van der Waals surface area contributed by atoms with Crippen molar-refractivity contribution in [3.05, 3.63) is 0 Å². The van der Waals surface area contributed by atoms with E-state index in [1.54, 1.807) is 14.0 Å². The third kappa shape index (κ3) is 9.05. The van der Waals surface area contributed by atoms with Gasteiger partial charge in [0.05, 0.1) is 18.8 Å². The number of hydrogen-bond donors (Lipinski definition) is 2. The first kappa shape index (κ1) is 16.3. The third-order valence-corrected chi connectivity index (χ3v) is 2.34. The Hall–Kier alpha value is -0.690. The fraction of sp³-hybridized carbons (Fsp3) is 0.909. The van der Waals surface area contributed by atoms with E-state index >= 15 is 0 Å². The molecule has 0 aliphatic carbocycles. The first-order valence-corrected chi connectivity index (χ1v) is 5.74. The van der Waals surface area contributed by atoms with Crippen molar-refractivity contribution in [1.82, 2.24) is 0 Å². The number of methoxy groups -OCH3 is 1. The molecule has 0 radical (unpaired) electrons. The minimum absolute atomic E-state index is 0.423. The highest BCUT2D eigenvalue weighted by Crippen LogP contribution is 2.04. The zero-order chi connectivity index (χ0) is 13.1. The molecule has 0 aliphatic heterocycles. The zero-order valence-corrected chi connectivity index (χ0v) is 10.7. The summed E-state index contributed by atoms with van der Waals surface area (Å²) in [7, 11) is 1.63. The molecule has 0 rings (SSSR count). The van der Waals surface area contributed by atoms with Gasteiger partial charge in [0.1, 0.15) is 0 Å². The maximum absolute atomic E-state index is 10.9. The Morgan fingerprint density at radius 3 is 2.24 bits per heavy atom. The van der Waals surface area contributed by atoms with Crippen molar-refractivity contribution < 1.29 is 19.0 Å². The molecular weight excluding hydrogens is 224 g/mol. The molecule has 1 amide bonds. The molecule has 0 aliphatic rings. The first-order chi connectivity index (χ1) is 8.00. The van der Waals surface area contributed by atoms with Gasteiger partial charge in [-0.3, -0.25) is 4.79 Å². The summed E-state index contributed by atoms with van der Waals surface area (Å²) in [6.07, 6.45) is 1.23. The summed E-state index contributed by atoms with van der Waals surface area (Å²) in [5.74, 6) is -0.510. The first-order valence-electron chi connectivity index (χ1n) is 5.74. The second kappa shape index (κ2) is 9.35. The fourth-order valence-electron chi connectivity index (χ4n) is 1.02.